The molecule has 4 fully saturated rings. The van der Waals surface area contributed by atoms with Crippen LogP contribution in [0.15, 0.2) is 0 Å². The Morgan fingerprint density at radius 2 is 1.38 bits per heavy atom. The lowest BCUT2D eigenvalue weighted by Gasteiger charge is -2.49. The van der Waals surface area contributed by atoms with Crippen LogP contribution in [-0.2, 0) is 0 Å². The van der Waals surface area contributed by atoms with Gasteiger partial charge in [-0.3, -0.25) is 0 Å². The molecule has 21 heavy (non-hydrogen) atoms. The van der Waals surface area contributed by atoms with E-state index in [1.165, 1.54) is 6.42 Å². The van der Waals surface area contributed by atoms with Crippen LogP contribution in [0.2, 0.25) is 0 Å². The van der Waals surface area contributed by atoms with Crippen LogP contribution in [0.4, 0.5) is 0 Å². The molecule has 0 amide bonds. The van der Waals surface area contributed by atoms with E-state index in [0.29, 0.717) is 0 Å². The molecule has 120 valence electrons. The van der Waals surface area contributed by atoms with Gasteiger partial charge >= 0.3 is 0 Å². The van der Waals surface area contributed by atoms with Gasteiger partial charge in [0, 0.05) is 0 Å². The van der Waals surface area contributed by atoms with Crippen molar-refractivity contribution in [3.8, 4) is 0 Å². The van der Waals surface area contributed by atoms with Crippen LogP contribution >= 0.6 is 0 Å². The van der Waals surface area contributed by atoms with E-state index < -0.39 is 0 Å². The molecule has 4 rings (SSSR count). The normalized spacial score (nSPS) is 53.4. The second kappa shape index (κ2) is 5.89. The molecule has 4 saturated carbocycles. The van der Waals surface area contributed by atoms with Crippen molar-refractivity contribution in [1.29, 1.82) is 0 Å². The van der Waals surface area contributed by atoms with Gasteiger partial charge in [0.25, 0.3) is 0 Å². The van der Waals surface area contributed by atoms with Crippen LogP contribution in [0.1, 0.15) is 84.5 Å². The summed E-state index contributed by atoms with van der Waals surface area (Å²) in [5.74, 6) is 8.79. The fourth-order valence-electron chi connectivity index (χ4n) is 7.47. The highest BCUT2D eigenvalue weighted by Crippen LogP contribution is 2.57. The van der Waals surface area contributed by atoms with Crippen molar-refractivity contribution in [3.63, 3.8) is 0 Å². The Labute approximate surface area is 132 Å². The average Bonchev–Trinajstić information content (AvgIpc) is 2.69. The standard InChI is InChI=1S/C21H36/c1-3-19-16-8-7-14(2)18-12-10-15-5-4-6-17(11-9-16)21(19)20(15)13-18/h14-21H,3-13H2,1-2H3. The maximum Gasteiger partial charge on any atom is -0.0324 e. The summed E-state index contributed by atoms with van der Waals surface area (Å²) >= 11 is 0. The lowest BCUT2D eigenvalue weighted by Crippen LogP contribution is -2.41. The van der Waals surface area contributed by atoms with E-state index in [0.717, 1.165) is 47.3 Å². The molecule has 0 aromatic rings. The van der Waals surface area contributed by atoms with Gasteiger partial charge in [0.15, 0.2) is 0 Å². The summed E-state index contributed by atoms with van der Waals surface area (Å²) in [5, 5.41) is 0. The van der Waals surface area contributed by atoms with E-state index in [4.69, 9.17) is 0 Å². The van der Waals surface area contributed by atoms with Crippen LogP contribution in [0.25, 0.3) is 0 Å². The van der Waals surface area contributed by atoms with Crippen LogP contribution in [0, 0.1) is 47.3 Å². The molecule has 0 heteroatoms. The third-order valence-corrected chi connectivity index (χ3v) is 8.55. The molecule has 0 aromatic heterocycles. The fourth-order valence-corrected chi connectivity index (χ4v) is 7.47. The zero-order valence-electron chi connectivity index (χ0n) is 14.4. The lowest BCUT2D eigenvalue weighted by molar-refractivity contribution is 0.00208. The van der Waals surface area contributed by atoms with Gasteiger partial charge in [-0.05, 0) is 85.9 Å². The van der Waals surface area contributed by atoms with Crippen molar-refractivity contribution in [1.82, 2.24) is 0 Å². The molecular formula is C21H36. The Kier molecular flexibility index (Phi) is 4.09. The molecular weight excluding hydrogens is 252 g/mol. The molecule has 0 radical (unpaired) electrons. The average molecular weight is 289 g/mol. The maximum absolute atomic E-state index is 2.59. The summed E-state index contributed by atoms with van der Waals surface area (Å²) in [4.78, 5) is 0. The third kappa shape index (κ3) is 2.49. The van der Waals surface area contributed by atoms with Gasteiger partial charge < -0.3 is 0 Å². The summed E-state index contributed by atoms with van der Waals surface area (Å²) in [5.41, 5.74) is 0. The minimum atomic E-state index is 1.02. The van der Waals surface area contributed by atoms with Crippen molar-refractivity contribution in [2.45, 2.75) is 84.5 Å². The molecule has 0 spiro atoms. The number of hydrogen-bond acceptors (Lipinski definition) is 0. The molecule has 0 aromatic carbocycles. The SMILES string of the molecule is CCC1C2CCC(C)C3CCC4CCCC(CC2)C1C4C3. The largest absolute Gasteiger partial charge is 0.0651 e. The minimum absolute atomic E-state index is 1.02. The molecule has 4 aliphatic carbocycles. The second-order valence-corrected chi connectivity index (χ2v) is 9.23. The minimum Gasteiger partial charge on any atom is -0.0651 e. The third-order valence-electron chi connectivity index (χ3n) is 8.55. The van der Waals surface area contributed by atoms with Crippen LogP contribution in [0.3, 0.4) is 0 Å². The zero-order chi connectivity index (χ0) is 14.4. The quantitative estimate of drug-likeness (QED) is 0.531. The van der Waals surface area contributed by atoms with Gasteiger partial charge in [0.05, 0.1) is 0 Å². The maximum atomic E-state index is 2.59. The smallest absolute Gasteiger partial charge is 0.0324 e. The summed E-state index contributed by atoms with van der Waals surface area (Å²) in [6, 6.07) is 0. The fraction of sp³-hybridized carbons (Fsp3) is 1.00. The van der Waals surface area contributed by atoms with Gasteiger partial charge in [-0.25, -0.2) is 0 Å². The van der Waals surface area contributed by atoms with E-state index >= 15 is 0 Å². The highest BCUT2D eigenvalue weighted by atomic mass is 14.5. The van der Waals surface area contributed by atoms with Crippen molar-refractivity contribution in [3.05, 3.63) is 0 Å². The van der Waals surface area contributed by atoms with Crippen LogP contribution < -0.4 is 0 Å². The Hall–Kier alpha value is 0. The molecule has 0 aliphatic heterocycles. The Morgan fingerprint density at radius 1 is 0.714 bits per heavy atom. The van der Waals surface area contributed by atoms with Gasteiger partial charge in [-0.1, -0.05) is 46.0 Å². The molecule has 8 atom stereocenters. The summed E-state index contributed by atoms with van der Waals surface area (Å²) in [6.45, 7) is 5.11. The zero-order valence-corrected chi connectivity index (χ0v) is 14.4. The van der Waals surface area contributed by atoms with Gasteiger partial charge in [-0.15, -0.1) is 0 Å². The van der Waals surface area contributed by atoms with Crippen molar-refractivity contribution in [2.75, 3.05) is 0 Å². The van der Waals surface area contributed by atoms with Crippen molar-refractivity contribution in [2.24, 2.45) is 47.3 Å². The first-order valence-electron chi connectivity index (χ1n) is 10.3. The number of rotatable bonds is 1. The summed E-state index contributed by atoms with van der Waals surface area (Å²) in [6.07, 6.45) is 17.3. The van der Waals surface area contributed by atoms with Crippen molar-refractivity contribution < 1.29 is 0 Å². The number of hydrogen-bond donors (Lipinski definition) is 0. The van der Waals surface area contributed by atoms with E-state index in [1.54, 1.807) is 64.2 Å². The van der Waals surface area contributed by atoms with E-state index in [1.807, 2.05) is 0 Å². The lowest BCUT2D eigenvalue weighted by atomic mass is 9.56. The predicted molar refractivity (Wildman–Crippen MR) is 90.1 cm³/mol. The van der Waals surface area contributed by atoms with Gasteiger partial charge in [0.1, 0.15) is 0 Å². The molecule has 4 bridgehead atoms. The summed E-state index contributed by atoms with van der Waals surface area (Å²) < 4.78 is 0. The Balaban J connectivity index is 1.71. The van der Waals surface area contributed by atoms with Gasteiger partial charge in [-0.2, -0.15) is 0 Å². The number of fused-ring (bicyclic) bond motifs is 2. The molecule has 0 heterocycles. The predicted octanol–water partition coefficient (Wildman–Crippen LogP) is 6.30. The van der Waals surface area contributed by atoms with Crippen LogP contribution in [0.5, 0.6) is 0 Å². The highest BCUT2D eigenvalue weighted by molar-refractivity contribution is 4.98. The molecule has 0 saturated heterocycles. The van der Waals surface area contributed by atoms with E-state index in [2.05, 4.69) is 13.8 Å². The first kappa shape index (κ1) is 14.6. The van der Waals surface area contributed by atoms with E-state index in [9.17, 15) is 0 Å². The van der Waals surface area contributed by atoms with Crippen molar-refractivity contribution >= 4 is 0 Å². The van der Waals surface area contributed by atoms with E-state index in [-0.39, 0.29) is 0 Å². The van der Waals surface area contributed by atoms with Gasteiger partial charge in [0.2, 0.25) is 0 Å². The summed E-state index contributed by atoms with van der Waals surface area (Å²) in [7, 11) is 0. The Morgan fingerprint density at radius 3 is 2.24 bits per heavy atom. The molecule has 0 N–H and O–H groups in total. The second-order valence-electron chi connectivity index (χ2n) is 9.23. The molecule has 8 unspecified atom stereocenters. The highest BCUT2D eigenvalue weighted by Gasteiger charge is 2.48. The molecule has 0 nitrogen and oxygen atoms in total. The monoisotopic (exact) mass is 288 g/mol. The van der Waals surface area contributed by atoms with Crippen LogP contribution in [-0.4, -0.2) is 0 Å². The first-order chi connectivity index (χ1) is 10.3. The molecule has 4 aliphatic rings. The first-order valence-corrected chi connectivity index (χ1v) is 10.3. The topological polar surface area (TPSA) is 0 Å². The Bertz CT molecular complexity index is 359.